The number of carbonyl (C=O) groups excluding carboxylic acids is 1. The normalized spacial score (nSPS) is 14.7. The second-order valence-electron chi connectivity index (χ2n) is 8.38. The molecule has 0 bridgehead atoms. The molecule has 1 aliphatic carbocycles. The summed E-state index contributed by atoms with van der Waals surface area (Å²) in [5, 5.41) is 7.16. The molecular weight excluding hydrogens is 438 g/mol. The minimum Gasteiger partial charge on any atom is -0.455 e. The van der Waals surface area contributed by atoms with Gasteiger partial charge in [0.1, 0.15) is 5.76 Å². The van der Waals surface area contributed by atoms with E-state index in [1.165, 1.54) is 0 Å². The third-order valence-electron chi connectivity index (χ3n) is 6.02. The molecule has 1 aromatic heterocycles. The van der Waals surface area contributed by atoms with Crippen molar-refractivity contribution >= 4 is 27.3 Å². The Kier molecular flexibility index (Phi) is 6.12. The van der Waals surface area contributed by atoms with Gasteiger partial charge in [0.15, 0.2) is 5.76 Å². The average molecular weight is 466 g/mol. The van der Waals surface area contributed by atoms with Crippen LogP contribution in [0.3, 0.4) is 0 Å². The van der Waals surface area contributed by atoms with Gasteiger partial charge in [0.25, 0.3) is 15.9 Å². The molecule has 0 radical (unpaired) electrons. The maximum Gasteiger partial charge on any atom is 0.291 e. The summed E-state index contributed by atoms with van der Waals surface area (Å²) in [6.45, 7) is 7.64. The van der Waals surface area contributed by atoms with E-state index < -0.39 is 10.0 Å². The lowest BCUT2D eigenvalue weighted by atomic mass is 9.93. The molecule has 3 aromatic rings. The Morgan fingerprint density at radius 1 is 0.970 bits per heavy atom. The van der Waals surface area contributed by atoms with Gasteiger partial charge < -0.3 is 9.73 Å². The second-order valence-corrected chi connectivity index (χ2v) is 10.0. The highest BCUT2D eigenvalue weighted by atomic mass is 32.2. The molecule has 172 valence electrons. The summed E-state index contributed by atoms with van der Waals surface area (Å²) < 4.78 is 31.2. The van der Waals surface area contributed by atoms with Crippen LogP contribution in [0.15, 0.2) is 56.9 Å². The fraction of sp³-hybridized carbons (Fsp3) is 0.280. The zero-order valence-corrected chi connectivity index (χ0v) is 20.0. The van der Waals surface area contributed by atoms with E-state index >= 15 is 0 Å². The van der Waals surface area contributed by atoms with E-state index in [1.54, 1.807) is 31.2 Å². The fourth-order valence-corrected chi connectivity index (χ4v) is 4.78. The Balaban J connectivity index is 1.61. The third kappa shape index (κ3) is 4.57. The van der Waals surface area contributed by atoms with Gasteiger partial charge in [-0.3, -0.25) is 4.79 Å². The Morgan fingerprint density at radius 3 is 2.42 bits per heavy atom. The van der Waals surface area contributed by atoms with Crippen LogP contribution in [0.5, 0.6) is 0 Å². The zero-order valence-electron chi connectivity index (χ0n) is 19.2. The maximum atomic E-state index is 13.0. The van der Waals surface area contributed by atoms with E-state index in [0.717, 1.165) is 28.8 Å². The molecule has 0 saturated heterocycles. The van der Waals surface area contributed by atoms with Gasteiger partial charge in [0, 0.05) is 23.2 Å². The van der Waals surface area contributed by atoms with Crippen molar-refractivity contribution in [3.8, 4) is 0 Å². The molecule has 0 spiro atoms. The van der Waals surface area contributed by atoms with Gasteiger partial charge in [0.05, 0.1) is 10.6 Å². The molecule has 7 nitrogen and oxygen atoms in total. The average Bonchev–Trinajstić information content (AvgIpc) is 3.13. The predicted molar refractivity (Wildman–Crippen MR) is 128 cm³/mol. The molecule has 1 aliphatic rings. The molecule has 0 unspecified atom stereocenters. The number of aryl methyl sites for hydroxylation is 3. The van der Waals surface area contributed by atoms with Crippen LogP contribution in [0.25, 0.3) is 0 Å². The third-order valence-corrected chi connectivity index (χ3v) is 7.24. The van der Waals surface area contributed by atoms with E-state index in [1.807, 2.05) is 39.0 Å². The Labute approximate surface area is 194 Å². The van der Waals surface area contributed by atoms with Gasteiger partial charge in [-0.1, -0.05) is 29.8 Å². The van der Waals surface area contributed by atoms with E-state index in [4.69, 9.17) is 4.42 Å². The minimum absolute atomic E-state index is 0.144. The summed E-state index contributed by atoms with van der Waals surface area (Å²) in [7, 11) is -3.80. The van der Waals surface area contributed by atoms with E-state index in [2.05, 4.69) is 15.2 Å². The summed E-state index contributed by atoms with van der Waals surface area (Å²) in [6.07, 6.45) is 2.00. The molecule has 8 heteroatoms. The van der Waals surface area contributed by atoms with Crippen LogP contribution in [0.1, 0.15) is 57.0 Å². The van der Waals surface area contributed by atoms with Crippen molar-refractivity contribution in [2.45, 2.75) is 51.9 Å². The number of carbonyl (C=O) groups is 1. The number of nitrogens with one attached hydrogen (secondary N) is 2. The van der Waals surface area contributed by atoms with Crippen LogP contribution in [-0.4, -0.2) is 20.0 Å². The van der Waals surface area contributed by atoms with Crippen LogP contribution in [0, 0.1) is 27.7 Å². The summed E-state index contributed by atoms with van der Waals surface area (Å²) in [6, 6.07) is 12.3. The molecule has 2 N–H and O–H groups in total. The van der Waals surface area contributed by atoms with Gasteiger partial charge in [-0.05, 0) is 69.9 Å². The molecule has 0 aliphatic heterocycles. The number of fused-ring (bicyclic) bond motifs is 1. The van der Waals surface area contributed by atoms with E-state index in [0.29, 0.717) is 35.4 Å². The standard InChI is InChI=1S/C25H27N3O4S/c1-15-11-13-19(14-12-15)33(30,31)28-27-21-9-6-10-22-23(21)18(4)24(32-22)25(29)26-20-8-5-7-16(2)17(20)3/h5,7-8,11-14,28H,6,9-10H2,1-4H3,(H,26,29)/b27-21+. The first-order chi connectivity index (χ1) is 15.7. The number of amides is 1. The number of hydrazone groups is 1. The molecule has 1 amide bonds. The molecule has 0 saturated carbocycles. The number of furan rings is 1. The Bertz CT molecular complexity index is 1350. The lowest BCUT2D eigenvalue weighted by Gasteiger charge is -2.14. The lowest BCUT2D eigenvalue weighted by molar-refractivity contribution is 0.0994. The SMILES string of the molecule is Cc1ccc(S(=O)(=O)N/N=C2\CCCc3oc(C(=O)Nc4cccc(C)c4C)c(C)c32)cc1. The molecule has 0 atom stereocenters. The van der Waals surface area contributed by atoms with Crippen molar-refractivity contribution in [2.75, 3.05) is 5.32 Å². The predicted octanol–water partition coefficient (Wildman–Crippen LogP) is 4.78. The molecule has 1 heterocycles. The smallest absolute Gasteiger partial charge is 0.291 e. The summed E-state index contributed by atoms with van der Waals surface area (Å²) in [5.41, 5.74) is 5.70. The highest BCUT2D eigenvalue weighted by Crippen LogP contribution is 2.31. The topological polar surface area (TPSA) is 101 Å². The van der Waals surface area contributed by atoms with Gasteiger partial charge in [0.2, 0.25) is 0 Å². The number of hydrogen-bond donors (Lipinski definition) is 2. The van der Waals surface area contributed by atoms with Crippen LogP contribution < -0.4 is 10.1 Å². The number of rotatable bonds is 5. The first-order valence-corrected chi connectivity index (χ1v) is 12.3. The van der Waals surface area contributed by atoms with Crippen LogP contribution in [0.4, 0.5) is 5.69 Å². The maximum absolute atomic E-state index is 13.0. The molecule has 33 heavy (non-hydrogen) atoms. The van der Waals surface area contributed by atoms with Crippen LogP contribution in [-0.2, 0) is 16.4 Å². The number of nitrogens with zero attached hydrogens (tertiary/aromatic N) is 1. The Morgan fingerprint density at radius 2 is 1.70 bits per heavy atom. The monoisotopic (exact) mass is 465 g/mol. The van der Waals surface area contributed by atoms with Crippen molar-refractivity contribution in [3.05, 3.63) is 81.8 Å². The molecular formula is C25H27N3O4S. The first-order valence-electron chi connectivity index (χ1n) is 10.8. The number of anilines is 1. The van der Waals surface area contributed by atoms with Gasteiger partial charge in [-0.25, -0.2) is 0 Å². The lowest BCUT2D eigenvalue weighted by Crippen LogP contribution is -2.22. The molecule has 2 aromatic carbocycles. The van der Waals surface area contributed by atoms with Gasteiger partial charge in [-0.15, -0.1) is 0 Å². The van der Waals surface area contributed by atoms with Crippen molar-refractivity contribution in [2.24, 2.45) is 5.10 Å². The fourth-order valence-electron chi connectivity index (χ4n) is 3.95. The largest absolute Gasteiger partial charge is 0.455 e. The van der Waals surface area contributed by atoms with E-state index in [9.17, 15) is 13.2 Å². The highest BCUT2D eigenvalue weighted by molar-refractivity contribution is 7.89. The van der Waals surface area contributed by atoms with Gasteiger partial charge >= 0.3 is 0 Å². The quantitative estimate of drug-likeness (QED) is 0.529. The van der Waals surface area contributed by atoms with Crippen LogP contribution >= 0.6 is 0 Å². The molecule has 4 rings (SSSR count). The summed E-state index contributed by atoms with van der Waals surface area (Å²) >= 11 is 0. The first kappa shape index (κ1) is 22.8. The van der Waals surface area contributed by atoms with Crippen LogP contribution in [0.2, 0.25) is 0 Å². The highest BCUT2D eigenvalue weighted by Gasteiger charge is 2.28. The summed E-state index contributed by atoms with van der Waals surface area (Å²) in [4.78, 5) is 15.5. The second kappa shape index (κ2) is 8.86. The molecule has 0 fully saturated rings. The Hall–Kier alpha value is -3.39. The number of benzene rings is 2. The number of sulfonamides is 1. The zero-order chi connectivity index (χ0) is 23.8. The number of hydrogen-bond acceptors (Lipinski definition) is 5. The van der Waals surface area contributed by atoms with Crippen molar-refractivity contribution in [1.29, 1.82) is 0 Å². The van der Waals surface area contributed by atoms with Gasteiger partial charge in [-0.2, -0.15) is 18.4 Å². The minimum atomic E-state index is -3.80. The van der Waals surface area contributed by atoms with Crippen molar-refractivity contribution < 1.29 is 17.6 Å². The van der Waals surface area contributed by atoms with E-state index in [-0.39, 0.29) is 16.6 Å². The summed E-state index contributed by atoms with van der Waals surface area (Å²) in [5.74, 6) is 0.533. The van der Waals surface area contributed by atoms with Crippen molar-refractivity contribution in [3.63, 3.8) is 0 Å². The van der Waals surface area contributed by atoms with Crippen molar-refractivity contribution in [1.82, 2.24) is 4.83 Å².